The molecule has 0 aliphatic heterocycles. The van der Waals surface area contributed by atoms with E-state index in [0.29, 0.717) is 17.2 Å². The highest BCUT2D eigenvalue weighted by Gasteiger charge is 2.30. The highest BCUT2D eigenvalue weighted by molar-refractivity contribution is 6.30. The van der Waals surface area contributed by atoms with Gasteiger partial charge >= 0.3 is 0 Å². The molecule has 41 heavy (non-hydrogen) atoms. The minimum Gasteiger partial charge on any atom is -0.453 e. The highest BCUT2D eigenvalue weighted by atomic mass is 35.5. The average molecular weight is 576 g/mol. The van der Waals surface area contributed by atoms with Gasteiger partial charge < -0.3 is 19.8 Å². The number of imidazole rings is 1. The number of nitrogens with one attached hydrogen (secondary N) is 2. The van der Waals surface area contributed by atoms with Crippen molar-refractivity contribution in [2.45, 2.75) is 12.8 Å². The average Bonchev–Trinajstić information content (AvgIpc) is 3.72. The molecule has 2 amide bonds. The molecular weight excluding hydrogens is 556 g/mol. The van der Waals surface area contributed by atoms with Crippen LogP contribution < -0.4 is 20.9 Å². The predicted molar refractivity (Wildman–Crippen MR) is 148 cm³/mol. The Hall–Kier alpha value is -5.03. The number of carbonyl (C=O) groups excluding carboxylic acids is 2. The summed E-state index contributed by atoms with van der Waals surface area (Å²) in [5.74, 6) is -1.43. The minimum absolute atomic E-state index is 0.0267. The molecule has 1 fully saturated rings. The molecule has 0 unspecified atom stereocenters. The Morgan fingerprint density at radius 3 is 2.46 bits per heavy atom. The van der Waals surface area contributed by atoms with Gasteiger partial charge in [0.15, 0.2) is 17.4 Å². The molecule has 3 aromatic heterocycles. The normalized spacial score (nSPS) is 12.8. The molecule has 12 heteroatoms. The number of ether oxygens (including phenoxy) is 1. The van der Waals surface area contributed by atoms with Gasteiger partial charge in [-0.3, -0.25) is 19.0 Å². The van der Waals surface area contributed by atoms with Gasteiger partial charge in [0.1, 0.15) is 27.9 Å². The standard InChI is InChI=1S/C29H20ClF2N5O4/c30-24-11-9-21(29(40)37(24)19-6-3-17(31)4-7-19)28(39)33-18-5-10-23(22(32)13-18)41-20-8-12-26-34-25(15-36(26)14-20)35-27(38)16-1-2-16/h3-16H,1-2H2,(H,33,39)(H,35,38). The van der Waals surface area contributed by atoms with Crippen molar-refractivity contribution in [2.24, 2.45) is 5.92 Å². The molecule has 6 rings (SSSR count). The molecule has 9 nitrogen and oxygen atoms in total. The SMILES string of the molecule is O=C(Nc1ccc(Oc2ccc3nc(NC(=O)C4CC4)cn3c2)c(F)c1)c1ccc(Cl)n(-c2ccc(F)cc2)c1=O. The lowest BCUT2D eigenvalue weighted by Gasteiger charge is -2.12. The van der Waals surface area contributed by atoms with Crippen LogP contribution in [0.3, 0.4) is 0 Å². The minimum atomic E-state index is -0.786. The summed E-state index contributed by atoms with van der Waals surface area (Å²) in [6.07, 6.45) is 4.99. The van der Waals surface area contributed by atoms with E-state index < -0.39 is 23.1 Å². The van der Waals surface area contributed by atoms with Gasteiger partial charge in [0.05, 0.1) is 18.1 Å². The van der Waals surface area contributed by atoms with E-state index >= 15 is 0 Å². The lowest BCUT2D eigenvalue weighted by molar-refractivity contribution is -0.117. The quantitative estimate of drug-likeness (QED) is 0.238. The third-order valence-electron chi connectivity index (χ3n) is 6.40. The molecule has 1 saturated carbocycles. The Morgan fingerprint density at radius 2 is 1.73 bits per heavy atom. The van der Waals surface area contributed by atoms with Crippen LogP contribution >= 0.6 is 11.6 Å². The highest BCUT2D eigenvalue weighted by Crippen LogP contribution is 2.31. The Kier molecular flexibility index (Phi) is 6.72. The zero-order valence-corrected chi connectivity index (χ0v) is 21.9. The second-order valence-corrected chi connectivity index (χ2v) is 9.80. The van der Waals surface area contributed by atoms with Crippen molar-refractivity contribution in [1.29, 1.82) is 0 Å². The van der Waals surface area contributed by atoms with Crippen molar-refractivity contribution in [2.75, 3.05) is 10.6 Å². The van der Waals surface area contributed by atoms with Crippen molar-refractivity contribution < 1.29 is 23.1 Å². The van der Waals surface area contributed by atoms with Gasteiger partial charge in [-0.2, -0.15) is 0 Å². The van der Waals surface area contributed by atoms with E-state index in [1.165, 1.54) is 36.4 Å². The molecule has 1 aliphatic carbocycles. The fourth-order valence-corrected chi connectivity index (χ4v) is 4.41. The number of pyridine rings is 2. The van der Waals surface area contributed by atoms with E-state index in [4.69, 9.17) is 16.3 Å². The Labute approximate surface area is 236 Å². The first-order valence-electron chi connectivity index (χ1n) is 12.5. The number of benzene rings is 2. The van der Waals surface area contributed by atoms with E-state index in [0.717, 1.165) is 35.6 Å². The van der Waals surface area contributed by atoms with E-state index in [1.807, 2.05) is 0 Å². The van der Waals surface area contributed by atoms with E-state index in [1.54, 1.807) is 28.9 Å². The second kappa shape index (κ2) is 10.5. The number of anilines is 2. The van der Waals surface area contributed by atoms with Gasteiger partial charge in [0.2, 0.25) is 5.91 Å². The molecule has 0 spiro atoms. The third-order valence-corrected chi connectivity index (χ3v) is 6.70. The second-order valence-electron chi connectivity index (χ2n) is 9.41. The van der Waals surface area contributed by atoms with Crippen molar-refractivity contribution >= 4 is 40.6 Å². The summed E-state index contributed by atoms with van der Waals surface area (Å²) in [5.41, 5.74) is -0.0454. The Balaban J connectivity index is 1.17. The van der Waals surface area contributed by atoms with Crippen LogP contribution in [-0.2, 0) is 4.79 Å². The Morgan fingerprint density at radius 1 is 0.951 bits per heavy atom. The Bertz CT molecular complexity index is 1880. The van der Waals surface area contributed by atoms with Crippen LogP contribution in [0.15, 0.2) is 83.9 Å². The first-order valence-corrected chi connectivity index (χ1v) is 12.9. The number of carbonyl (C=O) groups is 2. The number of amides is 2. The van der Waals surface area contributed by atoms with Crippen LogP contribution in [0.1, 0.15) is 23.2 Å². The van der Waals surface area contributed by atoms with Crippen LogP contribution in [0.2, 0.25) is 5.15 Å². The molecule has 206 valence electrons. The number of hydrogen-bond donors (Lipinski definition) is 2. The molecular formula is C29H20ClF2N5O4. The lowest BCUT2D eigenvalue weighted by atomic mass is 10.2. The van der Waals surface area contributed by atoms with Gasteiger partial charge in [-0.1, -0.05) is 11.6 Å². The monoisotopic (exact) mass is 575 g/mol. The van der Waals surface area contributed by atoms with Crippen LogP contribution in [0.4, 0.5) is 20.3 Å². The van der Waals surface area contributed by atoms with Crippen LogP contribution in [0, 0.1) is 17.6 Å². The van der Waals surface area contributed by atoms with Crippen molar-refractivity contribution in [3.63, 3.8) is 0 Å². The number of rotatable bonds is 7. The summed E-state index contributed by atoms with van der Waals surface area (Å²) in [7, 11) is 0. The zero-order chi connectivity index (χ0) is 28.7. The third kappa shape index (κ3) is 5.52. The molecule has 0 bridgehead atoms. The van der Waals surface area contributed by atoms with Gasteiger partial charge in [-0.15, -0.1) is 0 Å². The molecule has 0 atom stereocenters. The number of halogens is 3. The summed E-state index contributed by atoms with van der Waals surface area (Å²) in [5, 5.41) is 5.30. The topological polar surface area (TPSA) is 107 Å². The smallest absolute Gasteiger partial charge is 0.269 e. The van der Waals surface area contributed by atoms with E-state index in [-0.39, 0.29) is 39.7 Å². The summed E-state index contributed by atoms with van der Waals surface area (Å²) < 4.78 is 36.6. The summed E-state index contributed by atoms with van der Waals surface area (Å²) in [4.78, 5) is 42.2. The van der Waals surface area contributed by atoms with Gasteiger partial charge in [0, 0.05) is 17.7 Å². The zero-order valence-electron chi connectivity index (χ0n) is 21.1. The first-order chi connectivity index (χ1) is 19.7. The number of hydrogen-bond acceptors (Lipinski definition) is 5. The molecule has 2 aromatic carbocycles. The lowest BCUT2D eigenvalue weighted by Crippen LogP contribution is -2.28. The molecule has 0 radical (unpaired) electrons. The maximum atomic E-state index is 14.9. The molecule has 1 aliphatic rings. The maximum absolute atomic E-state index is 14.9. The van der Waals surface area contributed by atoms with Crippen LogP contribution in [-0.4, -0.2) is 25.8 Å². The first kappa shape index (κ1) is 26.2. The number of fused-ring (bicyclic) bond motifs is 1. The summed E-state index contributed by atoms with van der Waals surface area (Å²) >= 11 is 6.16. The van der Waals surface area contributed by atoms with Crippen molar-refractivity contribution in [3.8, 4) is 17.2 Å². The van der Waals surface area contributed by atoms with Crippen LogP contribution in [0.5, 0.6) is 11.5 Å². The molecule has 2 N–H and O–H groups in total. The number of aromatic nitrogens is 3. The van der Waals surface area contributed by atoms with Gasteiger partial charge in [0.25, 0.3) is 11.5 Å². The molecule has 5 aromatic rings. The fourth-order valence-electron chi connectivity index (χ4n) is 4.17. The van der Waals surface area contributed by atoms with Crippen molar-refractivity contribution in [1.82, 2.24) is 14.0 Å². The predicted octanol–water partition coefficient (Wildman–Crippen LogP) is 5.81. The summed E-state index contributed by atoms with van der Waals surface area (Å²) in [6.45, 7) is 0. The fraction of sp³-hybridized carbons (Fsp3) is 0.103. The number of nitrogens with zero attached hydrogens (tertiary/aromatic N) is 3. The van der Waals surface area contributed by atoms with E-state index in [2.05, 4.69) is 15.6 Å². The van der Waals surface area contributed by atoms with Gasteiger partial charge in [-0.25, -0.2) is 13.8 Å². The molecule has 3 heterocycles. The largest absolute Gasteiger partial charge is 0.453 e. The van der Waals surface area contributed by atoms with E-state index in [9.17, 15) is 23.2 Å². The molecule has 0 saturated heterocycles. The van der Waals surface area contributed by atoms with Gasteiger partial charge in [-0.05, 0) is 73.5 Å². The summed E-state index contributed by atoms with van der Waals surface area (Å²) in [6, 6.07) is 14.7. The van der Waals surface area contributed by atoms with Crippen molar-refractivity contribution in [3.05, 3.63) is 112 Å². The maximum Gasteiger partial charge on any atom is 0.269 e. The van der Waals surface area contributed by atoms with Crippen LogP contribution in [0.25, 0.3) is 11.3 Å².